The quantitative estimate of drug-likeness (QED) is 0.640. The van der Waals surface area contributed by atoms with E-state index in [2.05, 4.69) is 30.8 Å². The highest BCUT2D eigenvalue weighted by Crippen LogP contribution is 2.36. The molecule has 0 bridgehead atoms. The zero-order chi connectivity index (χ0) is 14.4. The molecule has 1 fully saturated rings. The van der Waals surface area contributed by atoms with E-state index in [4.69, 9.17) is 0 Å². The number of unbranched alkanes of at least 4 members (excludes halogenated alkanes) is 1. The number of rotatable bonds is 9. The molecule has 1 saturated carbocycles. The number of sulfonamides is 1. The third-order valence-corrected chi connectivity index (χ3v) is 5.33. The largest absolute Gasteiger partial charge is 0.315 e. The molecule has 5 heteroatoms. The van der Waals surface area contributed by atoms with Crippen molar-refractivity contribution in [3.05, 3.63) is 0 Å². The molecule has 1 rings (SSSR count). The van der Waals surface area contributed by atoms with Gasteiger partial charge in [-0.05, 0) is 37.6 Å². The van der Waals surface area contributed by atoms with Gasteiger partial charge in [0.25, 0.3) is 0 Å². The summed E-state index contributed by atoms with van der Waals surface area (Å²) in [6, 6.07) is 0.469. The summed E-state index contributed by atoms with van der Waals surface area (Å²) >= 11 is 0. The highest BCUT2D eigenvalue weighted by Gasteiger charge is 2.29. The zero-order valence-corrected chi connectivity index (χ0v) is 13.5. The SMILES string of the molecule is CC(C)NCCCCS(=O)(=O)NCC1(C)CCCC1. The fourth-order valence-corrected chi connectivity index (χ4v) is 3.87. The molecule has 0 amide bonds. The molecule has 0 unspecified atom stereocenters. The first kappa shape index (κ1) is 16.9. The minimum absolute atomic E-state index is 0.187. The van der Waals surface area contributed by atoms with Crippen molar-refractivity contribution in [1.82, 2.24) is 10.0 Å². The molecule has 0 atom stereocenters. The van der Waals surface area contributed by atoms with Crippen LogP contribution in [0.3, 0.4) is 0 Å². The Bertz CT molecular complexity index is 346. The fourth-order valence-electron chi connectivity index (χ4n) is 2.57. The van der Waals surface area contributed by atoms with Gasteiger partial charge in [-0.1, -0.05) is 33.6 Å². The number of nitrogens with one attached hydrogen (secondary N) is 2. The molecule has 1 aliphatic carbocycles. The molecule has 0 saturated heterocycles. The summed E-state index contributed by atoms with van der Waals surface area (Å²) in [5.74, 6) is 0.253. The van der Waals surface area contributed by atoms with E-state index in [1.807, 2.05) is 0 Å². The Morgan fingerprint density at radius 3 is 2.37 bits per heavy atom. The Morgan fingerprint density at radius 1 is 1.16 bits per heavy atom. The second-order valence-corrected chi connectivity index (χ2v) is 8.40. The van der Waals surface area contributed by atoms with Crippen molar-refractivity contribution < 1.29 is 8.42 Å². The van der Waals surface area contributed by atoms with E-state index in [1.54, 1.807) is 0 Å². The van der Waals surface area contributed by atoms with Crippen molar-refractivity contribution in [2.45, 2.75) is 65.3 Å². The second kappa shape index (κ2) is 7.60. The van der Waals surface area contributed by atoms with Gasteiger partial charge in [-0.25, -0.2) is 13.1 Å². The molecule has 0 aromatic heterocycles. The summed E-state index contributed by atoms with van der Waals surface area (Å²) in [5, 5.41) is 3.30. The molecule has 2 N–H and O–H groups in total. The molecule has 0 spiro atoms. The van der Waals surface area contributed by atoms with E-state index in [0.717, 1.165) is 32.2 Å². The normalized spacial score (nSPS) is 19.2. The highest BCUT2D eigenvalue weighted by molar-refractivity contribution is 7.89. The van der Waals surface area contributed by atoms with Crippen LogP contribution in [0.4, 0.5) is 0 Å². The molecule has 0 heterocycles. The van der Waals surface area contributed by atoms with E-state index in [-0.39, 0.29) is 11.2 Å². The van der Waals surface area contributed by atoms with Gasteiger partial charge in [0.05, 0.1) is 5.75 Å². The van der Waals surface area contributed by atoms with Crippen molar-refractivity contribution in [2.75, 3.05) is 18.8 Å². The summed E-state index contributed by atoms with van der Waals surface area (Å²) in [4.78, 5) is 0. The first-order chi connectivity index (χ1) is 8.83. The van der Waals surface area contributed by atoms with E-state index in [9.17, 15) is 8.42 Å². The van der Waals surface area contributed by atoms with Crippen LogP contribution in [-0.4, -0.2) is 33.3 Å². The molecule has 19 heavy (non-hydrogen) atoms. The van der Waals surface area contributed by atoms with Crippen LogP contribution in [0.15, 0.2) is 0 Å². The van der Waals surface area contributed by atoms with Crippen LogP contribution in [0.2, 0.25) is 0 Å². The summed E-state index contributed by atoms with van der Waals surface area (Å²) in [6.45, 7) is 7.89. The lowest BCUT2D eigenvalue weighted by Gasteiger charge is -2.23. The first-order valence-electron chi connectivity index (χ1n) is 7.54. The molecule has 114 valence electrons. The predicted molar refractivity (Wildman–Crippen MR) is 80.7 cm³/mol. The summed E-state index contributed by atoms with van der Waals surface area (Å²) in [7, 11) is -3.09. The maximum Gasteiger partial charge on any atom is 0.211 e. The van der Waals surface area contributed by atoms with Crippen LogP contribution >= 0.6 is 0 Å². The van der Waals surface area contributed by atoms with E-state index >= 15 is 0 Å². The summed E-state index contributed by atoms with van der Waals surface area (Å²) < 4.78 is 26.6. The lowest BCUT2D eigenvalue weighted by atomic mass is 9.89. The van der Waals surface area contributed by atoms with Gasteiger partial charge in [-0.15, -0.1) is 0 Å². The molecule has 1 aliphatic rings. The van der Waals surface area contributed by atoms with Crippen molar-refractivity contribution in [3.8, 4) is 0 Å². The molecule has 0 aromatic rings. The second-order valence-electron chi connectivity index (χ2n) is 6.47. The van der Waals surface area contributed by atoms with Crippen molar-refractivity contribution in [1.29, 1.82) is 0 Å². The lowest BCUT2D eigenvalue weighted by Crippen LogP contribution is -2.35. The zero-order valence-electron chi connectivity index (χ0n) is 12.7. The van der Waals surface area contributed by atoms with Gasteiger partial charge in [0.1, 0.15) is 0 Å². The summed E-state index contributed by atoms with van der Waals surface area (Å²) in [5.41, 5.74) is 0.187. The maximum absolute atomic E-state index is 11.9. The van der Waals surface area contributed by atoms with Gasteiger partial charge in [-0.2, -0.15) is 0 Å². The smallest absolute Gasteiger partial charge is 0.211 e. The van der Waals surface area contributed by atoms with Crippen LogP contribution in [0, 0.1) is 5.41 Å². The third-order valence-electron chi connectivity index (χ3n) is 3.92. The number of hydrogen-bond donors (Lipinski definition) is 2. The van der Waals surface area contributed by atoms with Crippen molar-refractivity contribution >= 4 is 10.0 Å². The Labute approximate surface area is 118 Å². The van der Waals surface area contributed by atoms with Gasteiger partial charge < -0.3 is 5.32 Å². The van der Waals surface area contributed by atoms with E-state index in [1.165, 1.54) is 12.8 Å². The van der Waals surface area contributed by atoms with E-state index in [0.29, 0.717) is 12.6 Å². The average molecular weight is 290 g/mol. The van der Waals surface area contributed by atoms with Gasteiger partial charge in [0.2, 0.25) is 10.0 Å². The highest BCUT2D eigenvalue weighted by atomic mass is 32.2. The Balaban J connectivity index is 2.17. The van der Waals surface area contributed by atoms with Gasteiger partial charge in [0.15, 0.2) is 0 Å². The number of hydrogen-bond acceptors (Lipinski definition) is 3. The topological polar surface area (TPSA) is 58.2 Å². The predicted octanol–water partition coefficient (Wildman–Crippen LogP) is 2.26. The van der Waals surface area contributed by atoms with Gasteiger partial charge >= 0.3 is 0 Å². The molecule has 0 aliphatic heterocycles. The van der Waals surface area contributed by atoms with Gasteiger partial charge in [-0.3, -0.25) is 0 Å². The van der Waals surface area contributed by atoms with Crippen LogP contribution in [0.1, 0.15) is 59.3 Å². The van der Waals surface area contributed by atoms with Crippen LogP contribution in [0.25, 0.3) is 0 Å². The third kappa shape index (κ3) is 7.28. The van der Waals surface area contributed by atoms with Gasteiger partial charge in [0, 0.05) is 12.6 Å². The lowest BCUT2D eigenvalue weighted by molar-refractivity contribution is 0.336. The minimum Gasteiger partial charge on any atom is -0.315 e. The van der Waals surface area contributed by atoms with Crippen molar-refractivity contribution in [2.24, 2.45) is 5.41 Å². The molecular weight excluding hydrogens is 260 g/mol. The molecule has 0 radical (unpaired) electrons. The first-order valence-corrected chi connectivity index (χ1v) is 9.19. The summed E-state index contributed by atoms with van der Waals surface area (Å²) in [6.07, 6.45) is 6.40. The minimum atomic E-state index is -3.09. The standard InChI is InChI=1S/C14H30N2O2S/c1-13(2)15-10-6-7-11-19(17,18)16-12-14(3)8-4-5-9-14/h13,15-16H,4-12H2,1-3H3. The van der Waals surface area contributed by atoms with Crippen LogP contribution in [-0.2, 0) is 10.0 Å². The Hall–Kier alpha value is -0.130. The van der Waals surface area contributed by atoms with Crippen LogP contribution in [0.5, 0.6) is 0 Å². The molecule has 4 nitrogen and oxygen atoms in total. The average Bonchev–Trinajstić information content (AvgIpc) is 2.74. The monoisotopic (exact) mass is 290 g/mol. The van der Waals surface area contributed by atoms with E-state index < -0.39 is 10.0 Å². The van der Waals surface area contributed by atoms with Crippen LogP contribution < -0.4 is 10.0 Å². The Kier molecular flexibility index (Phi) is 6.77. The molecule has 0 aromatic carbocycles. The Morgan fingerprint density at radius 2 is 1.79 bits per heavy atom. The molecular formula is C14H30N2O2S. The fraction of sp³-hybridized carbons (Fsp3) is 1.00. The maximum atomic E-state index is 11.9. The van der Waals surface area contributed by atoms with Crippen molar-refractivity contribution in [3.63, 3.8) is 0 Å².